The summed E-state index contributed by atoms with van der Waals surface area (Å²) in [7, 11) is 0. The third kappa shape index (κ3) is 4.38. The monoisotopic (exact) mass is 323 g/mol. The van der Waals surface area contributed by atoms with Crippen LogP contribution in [0.4, 0.5) is 0 Å². The highest BCUT2D eigenvalue weighted by Crippen LogP contribution is 2.62. The molecule has 0 amide bonds. The van der Waals surface area contributed by atoms with Crippen molar-refractivity contribution in [2.24, 2.45) is 28.6 Å². The molecule has 0 saturated heterocycles. The lowest BCUT2D eigenvalue weighted by atomic mass is 9.45. The second-order valence-corrected chi connectivity index (χ2v) is 10.5. The Balaban J connectivity index is 0.00000264. The number of rotatable bonds is 4. The molecule has 3 aliphatic rings. The molecule has 3 fully saturated rings. The van der Waals surface area contributed by atoms with Crippen LogP contribution in [-0.4, -0.2) is 17.4 Å². The van der Waals surface area contributed by atoms with Crippen molar-refractivity contribution in [1.82, 2.24) is 5.32 Å². The first kappa shape index (κ1) is 20.7. The highest BCUT2D eigenvalue weighted by molar-refractivity contribution is 5.88. The van der Waals surface area contributed by atoms with E-state index in [1.54, 1.807) is 0 Å². The molecule has 3 aliphatic carbocycles. The van der Waals surface area contributed by atoms with Gasteiger partial charge < -0.3 is 5.32 Å². The van der Waals surface area contributed by atoms with Crippen LogP contribution in [0.5, 0.6) is 0 Å². The van der Waals surface area contributed by atoms with Crippen LogP contribution < -0.4 is 5.32 Å². The molecule has 0 aromatic heterocycles. The third-order valence-electron chi connectivity index (χ3n) is 6.20. The Morgan fingerprint density at radius 1 is 1.13 bits per heavy atom. The molecule has 4 unspecified atom stereocenters. The smallest absolute Gasteiger partial charge is 0.155 e. The molecule has 4 atom stereocenters. The Bertz CT molecular complexity index is 422. The second-order valence-electron chi connectivity index (χ2n) is 10.5. The molecule has 3 rings (SSSR count). The Kier molecular flexibility index (Phi) is 5.84. The summed E-state index contributed by atoms with van der Waals surface area (Å²) in [6.45, 7) is 17.5. The van der Waals surface area contributed by atoms with Crippen molar-refractivity contribution in [3.05, 3.63) is 0 Å². The van der Waals surface area contributed by atoms with Gasteiger partial charge in [0.2, 0.25) is 0 Å². The topological polar surface area (TPSA) is 29.1 Å². The summed E-state index contributed by atoms with van der Waals surface area (Å²) >= 11 is 0. The number of carbonyl (C=O) groups excluding carboxylic acids is 1. The minimum atomic E-state index is -0.269. The number of hydrogen-bond acceptors (Lipinski definition) is 2. The van der Waals surface area contributed by atoms with Crippen LogP contribution in [0.15, 0.2) is 0 Å². The molecule has 0 radical (unpaired) electrons. The molecule has 136 valence electrons. The van der Waals surface area contributed by atoms with E-state index in [2.05, 4.69) is 60.7 Å². The molecule has 0 aliphatic heterocycles. The fraction of sp³-hybridized carbons (Fsp3) is 0.952. The molecule has 2 bridgehead atoms. The summed E-state index contributed by atoms with van der Waals surface area (Å²) in [6.07, 6.45) is 5.09. The van der Waals surface area contributed by atoms with Gasteiger partial charge in [0.15, 0.2) is 5.78 Å². The normalized spacial score (nSPS) is 30.9. The van der Waals surface area contributed by atoms with E-state index >= 15 is 0 Å². The average Bonchev–Trinajstić information content (AvgIpc) is 2.34. The van der Waals surface area contributed by atoms with Crippen molar-refractivity contribution >= 4 is 5.78 Å². The molecule has 0 aromatic carbocycles. The first-order valence-corrected chi connectivity index (χ1v) is 9.14. The Morgan fingerprint density at radius 3 is 2.09 bits per heavy atom. The van der Waals surface area contributed by atoms with Crippen molar-refractivity contribution in [2.75, 3.05) is 0 Å². The van der Waals surface area contributed by atoms with E-state index in [0.717, 1.165) is 18.3 Å². The van der Waals surface area contributed by atoms with E-state index in [0.29, 0.717) is 17.1 Å². The molecule has 23 heavy (non-hydrogen) atoms. The van der Waals surface area contributed by atoms with E-state index < -0.39 is 0 Å². The zero-order valence-electron chi connectivity index (χ0n) is 16.0. The van der Waals surface area contributed by atoms with E-state index in [1.165, 1.54) is 19.3 Å². The van der Waals surface area contributed by atoms with Gasteiger partial charge in [0, 0.05) is 11.0 Å². The summed E-state index contributed by atoms with van der Waals surface area (Å²) < 4.78 is 0. The highest BCUT2D eigenvalue weighted by Gasteiger charge is 2.54. The van der Waals surface area contributed by atoms with Crippen LogP contribution in [0, 0.1) is 28.6 Å². The van der Waals surface area contributed by atoms with Gasteiger partial charge in [-0.3, -0.25) is 4.79 Å². The minimum absolute atomic E-state index is 0. The third-order valence-corrected chi connectivity index (χ3v) is 6.20. The first-order valence-electron chi connectivity index (χ1n) is 9.14. The van der Waals surface area contributed by atoms with Crippen molar-refractivity contribution in [3.63, 3.8) is 0 Å². The maximum atomic E-state index is 12.9. The van der Waals surface area contributed by atoms with Crippen molar-refractivity contribution < 1.29 is 4.79 Å². The molecule has 2 heteroatoms. The lowest BCUT2D eigenvalue weighted by Gasteiger charge is -2.60. The molecule has 3 saturated carbocycles. The van der Waals surface area contributed by atoms with Gasteiger partial charge in [-0.2, -0.15) is 0 Å². The second kappa shape index (κ2) is 6.50. The summed E-state index contributed by atoms with van der Waals surface area (Å²) in [4.78, 5) is 12.9. The maximum absolute atomic E-state index is 12.9. The van der Waals surface area contributed by atoms with E-state index in [-0.39, 0.29) is 24.4 Å². The van der Waals surface area contributed by atoms with Crippen LogP contribution in [-0.2, 0) is 4.79 Å². The highest BCUT2D eigenvalue weighted by atomic mass is 16.1. The quantitative estimate of drug-likeness (QED) is 0.744. The van der Waals surface area contributed by atoms with Crippen molar-refractivity contribution in [2.45, 2.75) is 100 Å². The molecule has 0 heterocycles. The SMILES string of the molecule is C.CC(C)(C)NC(CC1CCC2CC1C2(C)C)C(=O)C(C)(C)C. The molecule has 0 spiro atoms. The van der Waals surface area contributed by atoms with Gasteiger partial charge >= 0.3 is 0 Å². The fourth-order valence-electron chi connectivity index (χ4n) is 4.82. The van der Waals surface area contributed by atoms with E-state index in [4.69, 9.17) is 0 Å². The number of nitrogens with one attached hydrogen (secondary N) is 1. The first-order chi connectivity index (χ1) is 9.82. The van der Waals surface area contributed by atoms with Crippen LogP contribution in [0.2, 0.25) is 0 Å². The zero-order valence-corrected chi connectivity index (χ0v) is 16.0. The Hall–Kier alpha value is -0.370. The molecule has 1 N–H and O–H groups in total. The maximum Gasteiger partial charge on any atom is 0.155 e. The van der Waals surface area contributed by atoms with Gasteiger partial charge in [-0.05, 0) is 69.6 Å². The van der Waals surface area contributed by atoms with Gasteiger partial charge in [-0.25, -0.2) is 0 Å². The molecule has 2 nitrogen and oxygen atoms in total. The van der Waals surface area contributed by atoms with Crippen LogP contribution in [0.25, 0.3) is 0 Å². The molecular formula is C21H41NO. The largest absolute Gasteiger partial charge is 0.303 e. The van der Waals surface area contributed by atoms with Crippen molar-refractivity contribution in [3.8, 4) is 0 Å². The van der Waals surface area contributed by atoms with Crippen molar-refractivity contribution in [1.29, 1.82) is 0 Å². The predicted octanol–water partition coefficient (Wildman–Crippen LogP) is 5.46. The average molecular weight is 324 g/mol. The molecule has 0 aromatic rings. The standard InChI is InChI=1S/C20H37NO.CH4/c1-18(2,3)17(22)16(21-19(4,5)6)11-13-9-10-14-12-15(13)20(14,7)8;/h13-16,21H,9-12H2,1-8H3;1H4. The van der Waals surface area contributed by atoms with Gasteiger partial charge in [-0.15, -0.1) is 0 Å². The Labute approximate surface area is 145 Å². The number of Topliss-reactive ketones (excluding diaryl/α,β-unsaturated/α-hetero) is 1. The Morgan fingerprint density at radius 2 is 1.70 bits per heavy atom. The van der Waals surface area contributed by atoms with E-state index in [1.807, 2.05) is 0 Å². The van der Waals surface area contributed by atoms with Gasteiger partial charge in [0.1, 0.15) is 0 Å². The summed E-state index contributed by atoms with van der Waals surface area (Å²) in [6, 6.07) is -0.00190. The number of hydrogen-bond donors (Lipinski definition) is 1. The van der Waals surface area contributed by atoms with Gasteiger partial charge in [0.05, 0.1) is 6.04 Å². The number of fused-ring (bicyclic) bond motifs is 2. The van der Waals surface area contributed by atoms with Crippen LogP contribution in [0.1, 0.15) is 88.5 Å². The summed E-state index contributed by atoms with van der Waals surface area (Å²) in [5.41, 5.74) is 0.215. The lowest BCUT2D eigenvalue weighted by molar-refractivity contribution is -0.133. The van der Waals surface area contributed by atoms with E-state index in [9.17, 15) is 4.79 Å². The lowest BCUT2D eigenvalue weighted by Crippen LogP contribution is -2.56. The number of ketones is 1. The molecular weight excluding hydrogens is 282 g/mol. The van der Waals surface area contributed by atoms with Crippen LogP contribution in [0.3, 0.4) is 0 Å². The minimum Gasteiger partial charge on any atom is -0.303 e. The van der Waals surface area contributed by atoms with Gasteiger partial charge in [-0.1, -0.05) is 42.0 Å². The number of carbonyl (C=O) groups is 1. The predicted molar refractivity (Wildman–Crippen MR) is 101 cm³/mol. The summed E-state index contributed by atoms with van der Waals surface area (Å²) in [5, 5.41) is 3.63. The fourth-order valence-corrected chi connectivity index (χ4v) is 4.82. The van der Waals surface area contributed by atoms with Gasteiger partial charge in [0.25, 0.3) is 0 Å². The summed E-state index contributed by atoms with van der Waals surface area (Å²) in [5.74, 6) is 2.84. The van der Waals surface area contributed by atoms with Crippen LogP contribution >= 0.6 is 0 Å². The zero-order chi connectivity index (χ0) is 16.9.